The van der Waals surface area contributed by atoms with Gasteiger partial charge in [-0.25, -0.2) is 4.98 Å². The van der Waals surface area contributed by atoms with Crippen LogP contribution in [-0.2, 0) is 4.57 Å². The van der Waals surface area contributed by atoms with Crippen LogP contribution in [0.1, 0.15) is 25.3 Å². The third kappa shape index (κ3) is 4.11. The predicted molar refractivity (Wildman–Crippen MR) is 79.4 cm³/mol. The van der Waals surface area contributed by atoms with Gasteiger partial charge in [0.2, 0.25) is 11.2 Å². The van der Waals surface area contributed by atoms with Gasteiger partial charge in [0.15, 0.2) is 11.2 Å². The number of rotatable bonds is 4. The van der Waals surface area contributed by atoms with E-state index in [1.807, 2.05) is 0 Å². The molecule has 12 heteroatoms. The largest absolute Gasteiger partial charge is 1.00 e. The van der Waals surface area contributed by atoms with Crippen LogP contribution < -0.4 is 39.2 Å². The molecule has 1 aliphatic carbocycles. The number of hydrogen-bond acceptors (Lipinski definition) is 7. The molecule has 0 aromatic carbocycles. The number of aliphatic hydroxyl groups is 1. The van der Waals surface area contributed by atoms with Gasteiger partial charge < -0.3 is 28.8 Å². The van der Waals surface area contributed by atoms with Gasteiger partial charge in [-0.3, -0.25) is 0 Å². The zero-order valence-electron chi connectivity index (χ0n) is 13.2. The maximum Gasteiger partial charge on any atom is 1.00 e. The van der Waals surface area contributed by atoms with Crippen molar-refractivity contribution < 1.29 is 53.8 Å². The number of ether oxygens (including phenoxy) is 1. The van der Waals surface area contributed by atoms with E-state index in [1.54, 1.807) is 4.57 Å². The molecule has 2 N–H and O–H groups in total. The Kier molecular flexibility index (Phi) is 5.99. The van der Waals surface area contributed by atoms with E-state index >= 15 is 0 Å². The molecule has 3 rings (SSSR count). The van der Waals surface area contributed by atoms with Gasteiger partial charge in [-0.2, -0.15) is 9.97 Å². The average Bonchev–Trinajstić information content (AvgIpc) is 2.99. The van der Waals surface area contributed by atoms with E-state index in [0.717, 1.165) is 0 Å². The Labute approximate surface area is 164 Å². The molecule has 0 spiro atoms. The molecule has 1 aliphatic rings. The van der Waals surface area contributed by atoms with Crippen molar-refractivity contribution in [3.63, 3.8) is 0 Å². The Morgan fingerprint density at radius 3 is 2.92 bits per heavy atom. The van der Waals surface area contributed by atoms with Gasteiger partial charge in [0.1, 0.15) is 7.60 Å². The average molecular weight is 385 g/mol. The molecule has 2 aromatic heterocycles. The Hall–Kier alpha value is -0.250. The van der Waals surface area contributed by atoms with Crippen molar-refractivity contribution in [1.29, 1.82) is 0 Å². The van der Waals surface area contributed by atoms with E-state index in [0.29, 0.717) is 17.6 Å². The molecule has 2 aromatic rings. The minimum atomic E-state index is -4.54. The zero-order chi connectivity index (χ0) is 16.8. The van der Waals surface area contributed by atoms with E-state index in [9.17, 15) is 14.6 Å². The van der Waals surface area contributed by atoms with Crippen molar-refractivity contribution >= 4 is 30.4 Å². The van der Waals surface area contributed by atoms with Gasteiger partial charge in [-0.1, -0.05) is 0 Å². The van der Waals surface area contributed by atoms with Crippen molar-refractivity contribution in [2.24, 2.45) is 0 Å². The molecule has 0 saturated heterocycles. The molecule has 1 saturated carbocycles. The van der Waals surface area contributed by atoms with Gasteiger partial charge in [-0.15, -0.1) is 0 Å². The van der Waals surface area contributed by atoms with Crippen LogP contribution in [0, 0.1) is 0 Å². The summed E-state index contributed by atoms with van der Waals surface area (Å²) in [7, 11) is -3.10. The van der Waals surface area contributed by atoms with Crippen LogP contribution in [0.4, 0.5) is 0 Å². The summed E-state index contributed by atoms with van der Waals surface area (Å²) in [5, 5.41) is 10.4. The fourth-order valence-corrected chi connectivity index (χ4v) is 4.29. The Bertz CT molecular complexity index is 799. The molecule has 3 atom stereocenters. The summed E-state index contributed by atoms with van der Waals surface area (Å²) in [4.78, 5) is 32.4. The maximum atomic E-state index is 11.1. The first-order valence-corrected chi connectivity index (χ1v) is 9.04. The quantitative estimate of drug-likeness (QED) is 0.335. The molecule has 9 nitrogen and oxygen atoms in total. The summed E-state index contributed by atoms with van der Waals surface area (Å²) in [6, 6.07) is -0.216. The summed E-state index contributed by atoms with van der Waals surface area (Å²) >= 11 is 5.88. The molecular weight excluding hydrogens is 370 g/mol. The minimum absolute atomic E-state index is 0. The van der Waals surface area contributed by atoms with Crippen LogP contribution in [0.2, 0.25) is 5.28 Å². The number of fused-ring (bicyclic) bond motifs is 1. The van der Waals surface area contributed by atoms with Gasteiger partial charge in [-0.05, 0) is 30.9 Å². The molecule has 0 amide bonds. The van der Waals surface area contributed by atoms with E-state index in [4.69, 9.17) is 21.2 Å². The standard InChI is InChI=1S/C12H16ClN4O5P.Na/c1-22-10-8-9(15-11(13)16-10)17(6-14-8)7-2-3-12(18,4-7)5-23(19,20)21;/h6-7,18H,2-5H2,1H3,(H2,19,20,21);/q;+1/p-1/t7-,12-;/m0./s1. The number of nitrogens with zero attached hydrogens (tertiary/aromatic N) is 4. The molecule has 126 valence electrons. The maximum absolute atomic E-state index is 11.1. The van der Waals surface area contributed by atoms with Gasteiger partial charge in [0.25, 0.3) is 0 Å². The van der Waals surface area contributed by atoms with Crippen molar-refractivity contribution in [3.05, 3.63) is 11.6 Å². The number of halogens is 1. The summed E-state index contributed by atoms with van der Waals surface area (Å²) in [6.45, 7) is 0. The number of aromatic nitrogens is 4. The van der Waals surface area contributed by atoms with Gasteiger partial charge in [0.05, 0.1) is 19.0 Å². The first-order chi connectivity index (χ1) is 10.7. The fraction of sp³-hybridized carbons (Fsp3) is 0.583. The third-order valence-corrected chi connectivity index (χ3v) is 5.16. The van der Waals surface area contributed by atoms with Gasteiger partial charge >= 0.3 is 29.6 Å². The number of hydrogen-bond donors (Lipinski definition) is 2. The Morgan fingerprint density at radius 2 is 2.29 bits per heavy atom. The van der Waals surface area contributed by atoms with Crippen LogP contribution in [0.3, 0.4) is 0 Å². The topological polar surface area (TPSA) is 133 Å². The van der Waals surface area contributed by atoms with E-state index < -0.39 is 19.4 Å². The molecule has 1 fully saturated rings. The third-order valence-electron chi connectivity index (χ3n) is 4.00. The van der Waals surface area contributed by atoms with E-state index in [-0.39, 0.29) is 59.6 Å². The van der Waals surface area contributed by atoms with E-state index in [1.165, 1.54) is 13.4 Å². The molecule has 0 bridgehead atoms. The van der Waals surface area contributed by atoms with Crippen LogP contribution in [-0.4, -0.2) is 48.4 Å². The molecule has 0 aliphatic heterocycles. The first kappa shape index (κ1) is 20.1. The fourth-order valence-electron chi connectivity index (χ4n) is 3.11. The summed E-state index contributed by atoms with van der Waals surface area (Å²) < 4.78 is 17.9. The monoisotopic (exact) mass is 384 g/mol. The summed E-state index contributed by atoms with van der Waals surface area (Å²) in [5.74, 6) is 0.242. The second-order valence-corrected chi connectivity index (χ2v) is 7.67. The number of imidazole rings is 1. The second-order valence-electron chi connectivity index (χ2n) is 5.74. The van der Waals surface area contributed by atoms with Crippen molar-refractivity contribution in [1.82, 2.24) is 19.5 Å². The van der Waals surface area contributed by atoms with Crippen LogP contribution in [0.5, 0.6) is 5.88 Å². The SMILES string of the molecule is COc1nc(Cl)nc2c1ncn2[C@H]1CC[C@@](O)(CP(=O)([O-])O)C1.[Na+]. The van der Waals surface area contributed by atoms with E-state index in [2.05, 4.69) is 15.0 Å². The summed E-state index contributed by atoms with van der Waals surface area (Å²) in [6.07, 6.45) is 1.80. The minimum Gasteiger partial charge on any atom is -0.779 e. The normalized spacial score (nSPS) is 26.1. The van der Waals surface area contributed by atoms with Crippen molar-refractivity contribution in [2.45, 2.75) is 30.9 Å². The molecule has 0 radical (unpaired) electrons. The number of methoxy groups -OCH3 is 1. The molecule has 1 unspecified atom stereocenters. The van der Waals surface area contributed by atoms with Crippen molar-refractivity contribution in [2.75, 3.05) is 13.3 Å². The second kappa shape index (κ2) is 7.17. The van der Waals surface area contributed by atoms with Crippen LogP contribution >= 0.6 is 19.2 Å². The summed E-state index contributed by atoms with van der Waals surface area (Å²) in [5.41, 5.74) is -0.580. The Morgan fingerprint density at radius 1 is 1.58 bits per heavy atom. The molecule has 24 heavy (non-hydrogen) atoms. The zero-order valence-corrected chi connectivity index (χ0v) is 16.9. The van der Waals surface area contributed by atoms with Crippen LogP contribution in [0.25, 0.3) is 11.2 Å². The first-order valence-electron chi connectivity index (χ1n) is 6.90. The van der Waals surface area contributed by atoms with Gasteiger partial charge in [0, 0.05) is 12.2 Å². The van der Waals surface area contributed by atoms with Crippen molar-refractivity contribution in [3.8, 4) is 5.88 Å². The molecule has 2 heterocycles. The molecular formula is C12H15ClN4NaO5P. The van der Waals surface area contributed by atoms with Crippen LogP contribution in [0.15, 0.2) is 6.33 Å². The Balaban J connectivity index is 0.00000208. The smallest absolute Gasteiger partial charge is 0.779 e. The predicted octanol–water partition coefficient (Wildman–Crippen LogP) is -2.51.